The van der Waals surface area contributed by atoms with Crippen LogP contribution in [0.5, 0.6) is 5.88 Å². The lowest BCUT2D eigenvalue weighted by molar-refractivity contribution is -0.135. The van der Waals surface area contributed by atoms with Crippen molar-refractivity contribution in [2.75, 3.05) is 40.0 Å². The molecular formula is C34H36F2N4O5. The van der Waals surface area contributed by atoms with Crippen molar-refractivity contribution in [2.45, 2.75) is 56.6 Å². The molecule has 3 aliphatic heterocycles. The lowest BCUT2D eigenvalue weighted by Gasteiger charge is -2.34. The number of carbonyl (C=O) groups is 1. The van der Waals surface area contributed by atoms with Crippen LogP contribution in [-0.4, -0.2) is 71.5 Å². The number of fused-ring (bicyclic) bond motifs is 1. The second-order valence-electron chi connectivity index (χ2n) is 12.1. The number of rotatable bonds is 10. The zero-order valence-corrected chi connectivity index (χ0v) is 25.2. The van der Waals surface area contributed by atoms with E-state index in [1.165, 1.54) is 13.2 Å². The van der Waals surface area contributed by atoms with Gasteiger partial charge in [0.15, 0.2) is 5.67 Å². The molecule has 0 amide bonds. The zero-order valence-electron chi connectivity index (χ0n) is 25.2. The van der Waals surface area contributed by atoms with Crippen LogP contribution in [0.3, 0.4) is 0 Å². The van der Waals surface area contributed by atoms with Gasteiger partial charge in [-0.25, -0.2) is 23.5 Å². The molecule has 0 saturated carbocycles. The van der Waals surface area contributed by atoms with E-state index in [1.807, 2.05) is 24.3 Å². The first-order valence-corrected chi connectivity index (χ1v) is 15.5. The highest BCUT2D eigenvalue weighted by Crippen LogP contribution is 2.35. The fraction of sp³-hybridized carbons (Fsp3) is 0.441. The van der Waals surface area contributed by atoms with Crippen LogP contribution in [0, 0.1) is 5.82 Å². The molecule has 3 fully saturated rings. The van der Waals surface area contributed by atoms with Gasteiger partial charge in [0.25, 0.3) is 0 Å². The summed E-state index contributed by atoms with van der Waals surface area (Å²) in [6, 6.07) is 15.6. The Balaban J connectivity index is 0.984. The second kappa shape index (κ2) is 12.5. The molecule has 0 radical (unpaired) electrons. The van der Waals surface area contributed by atoms with Gasteiger partial charge in [-0.05, 0) is 68.2 Å². The highest BCUT2D eigenvalue weighted by Gasteiger charge is 2.41. The topological polar surface area (TPSA) is 87.9 Å². The van der Waals surface area contributed by atoms with Crippen LogP contribution in [0.4, 0.5) is 8.78 Å². The van der Waals surface area contributed by atoms with Crippen LogP contribution >= 0.6 is 0 Å². The van der Waals surface area contributed by atoms with Gasteiger partial charge in [0, 0.05) is 29.8 Å². The second-order valence-corrected chi connectivity index (χ2v) is 12.1. The highest BCUT2D eigenvalue weighted by molar-refractivity contribution is 5.93. The van der Waals surface area contributed by atoms with Gasteiger partial charge in [-0.3, -0.25) is 4.90 Å². The minimum absolute atomic E-state index is 0.00478. The number of aromatic nitrogens is 3. The number of halogens is 2. The van der Waals surface area contributed by atoms with E-state index in [2.05, 4.69) is 9.47 Å². The maximum Gasteiger partial charge on any atom is 0.337 e. The van der Waals surface area contributed by atoms with Crippen molar-refractivity contribution < 1.29 is 32.5 Å². The summed E-state index contributed by atoms with van der Waals surface area (Å²) in [6.07, 6.45) is 3.02. The number of carbonyl (C=O) groups excluding carboxylic acids is 1. The molecule has 3 aliphatic rings. The van der Waals surface area contributed by atoms with Crippen molar-refractivity contribution in [3.63, 3.8) is 0 Å². The minimum Gasteiger partial charge on any atom is -0.473 e. The molecule has 2 aromatic carbocycles. The van der Waals surface area contributed by atoms with Gasteiger partial charge >= 0.3 is 5.97 Å². The van der Waals surface area contributed by atoms with Crippen LogP contribution < -0.4 is 4.74 Å². The van der Waals surface area contributed by atoms with Crippen LogP contribution in [0.1, 0.15) is 58.2 Å². The SMILES string of the molecule is COC(=O)c1ccc2nc(CN3CCC(c4cccc(OCc5ccc(C6(F)COC6)cc5F)n4)CC3)n(C[C@@H]3CCO3)c2c1. The Kier molecular flexibility index (Phi) is 8.24. The van der Waals surface area contributed by atoms with E-state index in [0.29, 0.717) is 35.7 Å². The van der Waals surface area contributed by atoms with Gasteiger partial charge in [0.05, 0.1) is 56.1 Å². The van der Waals surface area contributed by atoms with Gasteiger partial charge in [0.2, 0.25) is 5.88 Å². The molecule has 1 atom stereocenters. The lowest BCUT2D eigenvalue weighted by Crippen LogP contribution is -2.42. The van der Waals surface area contributed by atoms with Gasteiger partial charge in [-0.15, -0.1) is 0 Å². The molecule has 0 spiro atoms. The maximum absolute atomic E-state index is 14.7. The van der Waals surface area contributed by atoms with E-state index < -0.39 is 11.5 Å². The monoisotopic (exact) mass is 618 g/mol. The van der Waals surface area contributed by atoms with Gasteiger partial charge in [-0.1, -0.05) is 18.2 Å². The number of pyridine rings is 1. The smallest absolute Gasteiger partial charge is 0.337 e. The molecule has 0 bridgehead atoms. The third kappa shape index (κ3) is 6.16. The lowest BCUT2D eigenvalue weighted by atomic mass is 9.93. The Hall–Kier alpha value is -3.93. The predicted octanol–water partition coefficient (Wildman–Crippen LogP) is 5.30. The number of piperidine rings is 1. The largest absolute Gasteiger partial charge is 0.473 e. The number of hydrogen-bond acceptors (Lipinski definition) is 8. The van der Waals surface area contributed by atoms with Gasteiger partial charge in [-0.2, -0.15) is 0 Å². The maximum atomic E-state index is 14.7. The number of esters is 1. The fourth-order valence-electron chi connectivity index (χ4n) is 6.24. The summed E-state index contributed by atoms with van der Waals surface area (Å²) in [7, 11) is 1.39. The number of hydrogen-bond donors (Lipinski definition) is 0. The van der Waals surface area contributed by atoms with Crippen LogP contribution in [-0.2, 0) is 39.6 Å². The summed E-state index contributed by atoms with van der Waals surface area (Å²) in [5, 5.41) is 0. The molecule has 4 aromatic rings. The molecule has 9 nitrogen and oxygen atoms in total. The normalized spacial score (nSPS) is 20.0. The van der Waals surface area contributed by atoms with Crippen molar-refractivity contribution in [2.24, 2.45) is 0 Å². The van der Waals surface area contributed by atoms with E-state index in [1.54, 1.807) is 24.3 Å². The third-order valence-electron chi connectivity index (χ3n) is 9.15. The molecule has 0 unspecified atom stereocenters. The van der Waals surface area contributed by atoms with Gasteiger partial charge in [0.1, 0.15) is 18.2 Å². The van der Waals surface area contributed by atoms with E-state index in [4.69, 9.17) is 28.9 Å². The quantitative estimate of drug-likeness (QED) is 0.222. The number of methoxy groups -OCH3 is 1. The van der Waals surface area contributed by atoms with Crippen LogP contribution in [0.25, 0.3) is 11.0 Å². The summed E-state index contributed by atoms with van der Waals surface area (Å²) in [5.41, 5.74) is 2.25. The van der Waals surface area contributed by atoms with Gasteiger partial charge < -0.3 is 23.5 Å². The first-order valence-electron chi connectivity index (χ1n) is 15.5. The van der Waals surface area contributed by atoms with Crippen molar-refractivity contribution in [1.29, 1.82) is 0 Å². The molecule has 45 heavy (non-hydrogen) atoms. The fourth-order valence-corrected chi connectivity index (χ4v) is 6.24. The highest BCUT2D eigenvalue weighted by atomic mass is 19.1. The number of nitrogens with zero attached hydrogens (tertiary/aromatic N) is 4. The first kappa shape index (κ1) is 29.8. The van der Waals surface area contributed by atoms with E-state index in [0.717, 1.165) is 61.5 Å². The standard InChI is InChI=1S/C34H36F2N4O5/c1-42-33(41)23-6-8-29-30(15-23)40(17-26-11-14-44-26)31(37-29)18-39-12-9-22(10-13-39)28-3-2-4-32(38-28)45-19-24-5-7-25(16-27(24)35)34(36)20-43-21-34/h2-8,15-16,22,26H,9-14,17-21H2,1H3/t26-/m0/s1. The summed E-state index contributed by atoms with van der Waals surface area (Å²) < 4.78 is 52.9. The molecule has 236 valence electrons. The Labute approximate surface area is 260 Å². The molecule has 0 N–H and O–H groups in total. The van der Waals surface area contributed by atoms with Crippen LogP contribution in [0.15, 0.2) is 54.6 Å². The predicted molar refractivity (Wildman–Crippen MR) is 161 cm³/mol. The van der Waals surface area contributed by atoms with Crippen LogP contribution in [0.2, 0.25) is 0 Å². The number of imidazole rings is 1. The number of ether oxygens (including phenoxy) is 4. The van der Waals surface area contributed by atoms with Crippen molar-refractivity contribution in [1.82, 2.24) is 19.4 Å². The molecule has 5 heterocycles. The minimum atomic E-state index is -1.61. The van der Waals surface area contributed by atoms with Crippen molar-refractivity contribution >= 4 is 17.0 Å². The zero-order chi connectivity index (χ0) is 31.0. The Morgan fingerprint density at radius 2 is 1.89 bits per heavy atom. The summed E-state index contributed by atoms with van der Waals surface area (Å²) >= 11 is 0. The average molecular weight is 619 g/mol. The Morgan fingerprint density at radius 3 is 2.58 bits per heavy atom. The number of alkyl halides is 1. The molecule has 2 aromatic heterocycles. The number of benzene rings is 2. The molecule has 0 aliphatic carbocycles. The Bertz CT molecular complexity index is 1700. The Morgan fingerprint density at radius 1 is 1.07 bits per heavy atom. The molecule has 3 saturated heterocycles. The molecule has 7 rings (SSSR count). The number of likely N-dealkylation sites (tertiary alicyclic amines) is 1. The average Bonchev–Trinajstić information content (AvgIpc) is 3.36. The first-order chi connectivity index (χ1) is 21.9. The van der Waals surface area contributed by atoms with E-state index in [9.17, 15) is 13.6 Å². The summed E-state index contributed by atoms with van der Waals surface area (Å²) in [4.78, 5) is 24.3. The molecule has 11 heteroatoms. The molecular weight excluding hydrogens is 582 g/mol. The summed E-state index contributed by atoms with van der Waals surface area (Å²) in [6.45, 7) is 3.84. The van der Waals surface area contributed by atoms with Crippen molar-refractivity contribution in [3.05, 3.63) is 88.6 Å². The van der Waals surface area contributed by atoms with E-state index >= 15 is 0 Å². The van der Waals surface area contributed by atoms with E-state index in [-0.39, 0.29) is 37.8 Å². The third-order valence-corrected chi connectivity index (χ3v) is 9.15. The summed E-state index contributed by atoms with van der Waals surface area (Å²) in [5.74, 6) is 0.797. The van der Waals surface area contributed by atoms with Crippen molar-refractivity contribution in [3.8, 4) is 5.88 Å².